The molecule has 2 aromatic carbocycles. The molecule has 1 saturated heterocycles. The van der Waals surface area contributed by atoms with Gasteiger partial charge in [0, 0.05) is 12.5 Å². The number of nitrogens with zero attached hydrogens (tertiary/aromatic N) is 1. The summed E-state index contributed by atoms with van der Waals surface area (Å²) in [6, 6.07) is 15.5. The van der Waals surface area contributed by atoms with Gasteiger partial charge in [0.2, 0.25) is 0 Å². The first kappa shape index (κ1) is 21.7. The lowest BCUT2D eigenvalue weighted by molar-refractivity contribution is 0.0101. The fraction of sp³-hybridized carbons (Fsp3) is 0.455. The third kappa shape index (κ3) is 4.65. The number of methoxy groups -OCH3 is 2. The molecule has 3 rings (SSSR count). The van der Waals surface area contributed by atoms with Crippen LogP contribution in [0.3, 0.4) is 0 Å². The number of ether oxygens (including phenoxy) is 2. The summed E-state index contributed by atoms with van der Waals surface area (Å²) in [4.78, 5) is 2.44. The van der Waals surface area contributed by atoms with E-state index in [0.29, 0.717) is 0 Å². The lowest BCUT2D eigenvalue weighted by Crippen LogP contribution is -2.41. The molecule has 1 aliphatic heterocycles. The van der Waals surface area contributed by atoms with Crippen molar-refractivity contribution in [1.82, 2.24) is 4.90 Å². The third-order valence-corrected chi connectivity index (χ3v) is 5.46. The van der Waals surface area contributed by atoms with Crippen LogP contribution in [0.5, 0.6) is 11.5 Å². The Labute approximate surface area is 172 Å². The quantitative estimate of drug-likeness (QED) is 0.705. The number of halogens is 1. The molecule has 1 unspecified atom stereocenters. The molecule has 1 N–H and O–H groups in total. The molecular formula is C22H30BrNO3. The van der Waals surface area contributed by atoms with E-state index >= 15 is 0 Å². The van der Waals surface area contributed by atoms with Gasteiger partial charge >= 0.3 is 0 Å². The molecule has 1 atom stereocenters. The Morgan fingerprint density at radius 3 is 1.89 bits per heavy atom. The van der Waals surface area contributed by atoms with E-state index < -0.39 is 5.60 Å². The SMILES string of the molecule is Br.COc1cccc(C(O)(c2cccc(OC)c2)C(C)CN2CCCC2)c1. The average Bonchev–Trinajstić information content (AvgIpc) is 3.20. The van der Waals surface area contributed by atoms with E-state index in [4.69, 9.17) is 9.47 Å². The highest BCUT2D eigenvalue weighted by molar-refractivity contribution is 8.93. The standard InChI is InChI=1S/C22H29NO3.BrH/c1-17(16-23-12-4-5-13-23)22(24,18-8-6-10-20(14-18)25-2)19-9-7-11-21(15-19)26-3;/h6-11,14-15,17,24H,4-5,12-13,16H2,1-3H3;1H. The molecule has 0 aliphatic carbocycles. The van der Waals surface area contributed by atoms with Gasteiger partial charge in [0.1, 0.15) is 17.1 Å². The lowest BCUT2D eigenvalue weighted by Gasteiger charge is -2.37. The molecule has 0 saturated carbocycles. The van der Waals surface area contributed by atoms with Crippen LogP contribution in [-0.2, 0) is 5.60 Å². The Morgan fingerprint density at radius 1 is 0.963 bits per heavy atom. The molecular weight excluding hydrogens is 406 g/mol. The molecule has 4 nitrogen and oxygen atoms in total. The van der Waals surface area contributed by atoms with Crippen LogP contribution >= 0.6 is 17.0 Å². The van der Waals surface area contributed by atoms with Crippen molar-refractivity contribution in [2.45, 2.75) is 25.4 Å². The number of aliphatic hydroxyl groups is 1. The summed E-state index contributed by atoms with van der Waals surface area (Å²) in [6.45, 7) is 5.19. The number of hydrogen-bond donors (Lipinski definition) is 1. The van der Waals surface area contributed by atoms with Crippen LogP contribution in [0.15, 0.2) is 48.5 Å². The first-order chi connectivity index (χ1) is 12.6. The summed E-state index contributed by atoms with van der Waals surface area (Å²) in [5.41, 5.74) is 0.569. The smallest absolute Gasteiger partial charge is 0.119 e. The summed E-state index contributed by atoms with van der Waals surface area (Å²) in [5.74, 6) is 1.51. The number of hydrogen-bond acceptors (Lipinski definition) is 4. The summed E-state index contributed by atoms with van der Waals surface area (Å²) in [6.07, 6.45) is 2.48. The van der Waals surface area contributed by atoms with Gasteiger partial charge in [-0.1, -0.05) is 31.2 Å². The number of benzene rings is 2. The molecule has 0 spiro atoms. The monoisotopic (exact) mass is 435 g/mol. The van der Waals surface area contributed by atoms with Crippen molar-refractivity contribution in [3.63, 3.8) is 0 Å². The minimum Gasteiger partial charge on any atom is -0.497 e. The molecule has 0 radical (unpaired) electrons. The third-order valence-electron chi connectivity index (χ3n) is 5.46. The van der Waals surface area contributed by atoms with Gasteiger partial charge in [0.25, 0.3) is 0 Å². The fourth-order valence-corrected chi connectivity index (χ4v) is 3.94. The van der Waals surface area contributed by atoms with Crippen LogP contribution in [-0.4, -0.2) is 43.9 Å². The largest absolute Gasteiger partial charge is 0.497 e. The maximum atomic E-state index is 12.0. The van der Waals surface area contributed by atoms with Crippen molar-refractivity contribution >= 4 is 17.0 Å². The Hall–Kier alpha value is -1.56. The maximum absolute atomic E-state index is 12.0. The van der Waals surface area contributed by atoms with Crippen LogP contribution < -0.4 is 9.47 Å². The second-order valence-electron chi connectivity index (χ2n) is 7.14. The minimum atomic E-state index is -1.12. The maximum Gasteiger partial charge on any atom is 0.119 e. The molecule has 1 heterocycles. The Balaban J connectivity index is 0.00000261. The molecule has 5 heteroatoms. The van der Waals surface area contributed by atoms with Gasteiger partial charge in [-0.25, -0.2) is 0 Å². The summed E-state index contributed by atoms with van der Waals surface area (Å²) < 4.78 is 10.8. The van der Waals surface area contributed by atoms with E-state index in [1.807, 2.05) is 48.5 Å². The molecule has 2 aromatic rings. The lowest BCUT2D eigenvalue weighted by atomic mass is 9.76. The van der Waals surface area contributed by atoms with Gasteiger partial charge in [-0.05, 0) is 61.3 Å². The van der Waals surface area contributed by atoms with Gasteiger partial charge in [-0.15, -0.1) is 17.0 Å². The predicted octanol–water partition coefficient (Wildman–Crippen LogP) is 4.25. The first-order valence-corrected chi connectivity index (χ1v) is 9.31. The van der Waals surface area contributed by atoms with Gasteiger partial charge in [-0.2, -0.15) is 0 Å². The molecule has 148 valence electrons. The van der Waals surface area contributed by atoms with E-state index in [0.717, 1.165) is 42.3 Å². The number of likely N-dealkylation sites (tertiary alicyclic amines) is 1. The van der Waals surface area contributed by atoms with E-state index in [2.05, 4.69) is 11.8 Å². The summed E-state index contributed by atoms with van der Waals surface area (Å²) >= 11 is 0. The number of rotatable bonds is 7. The van der Waals surface area contributed by atoms with E-state index in [1.54, 1.807) is 14.2 Å². The summed E-state index contributed by atoms with van der Waals surface area (Å²) in [7, 11) is 3.30. The molecule has 27 heavy (non-hydrogen) atoms. The zero-order chi connectivity index (χ0) is 18.6. The average molecular weight is 436 g/mol. The van der Waals surface area contributed by atoms with Gasteiger partial charge < -0.3 is 19.5 Å². The van der Waals surface area contributed by atoms with E-state index in [-0.39, 0.29) is 22.9 Å². The Morgan fingerprint density at radius 2 is 1.44 bits per heavy atom. The predicted molar refractivity (Wildman–Crippen MR) is 114 cm³/mol. The van der Waals surface area contributed by atoms with E-state index in [9.17, 15) is 5.11 Å². The van der Waals surface area contributed by atoms with Crippen LogP contribution in [0.1, 0.15) is 30.9 Å². The zero-order valence-corrected chi connectivity index (χ0v) is 18.1. The molecule has 0 aromatic heterocycles. The van der Waals surface area contributed by atoms with Crippen LogP contribution in [0.2, 0.25) is 0 Å². The topological polar surface area (TPSA) is 41.9 Å². The van der Waals surface area contributed by atoms with Crippen molar-refractivity contribution in [3.8, 4) is 11.5 Å². The highest BCUT2D eigenvalue weighted by atomic mass is 79.9. The zero-order valence-electron chi connectivity index (χ0n) is 16.4. The van der Waals surface area contributed by atoms with Crippen LogP contribution in [0, 0.1) is 5.92 Å². The second kappa shape index (κ2) is 9.58. The van der Waals surface area contributed by atoms with Crippen LogP contribution in [0.4, 0.5) is 0 Å². The van der Waals surface area contributed by atoms with E-state index in [1.165, 1.54) is 12.8 Å². The molecule has 0 amide bonds. The van der Waals surface area contributed by atoms with Gasteiger partial charge in [0.05, 0.1) is 14.2 Å². The second-order valence-corrected chi connectivity index (χ2v) is 7.14. The van der Waals surface area contributed by atoms with Crippen molar-refractivity contribution in [2.75, 3.05) is 33.9 Å². The van der Waals surface area contributed by atoms with Crippen molar-refractivity contribution in [1.29, 1.82) is 0 Å². The van der Waals surface area contributed by atoms with Gasteiger partial charge in [0.15, 0.2) is 0 Å². The fourth-order valence-electron chi connectivity index (χ4n) is 3.94. The molecule has 0 bridgehead atoms. The first-order valence-electron chi connectivity index (χ1n) is 9.31. The minimum absolute atomic E-state index is 0. The Bertz CT molecular complexity index is 684. The normalized spacial score (nSPS) is 15.9. The highest BCUT2D eigenvalue weighted by Gasteiger charge is 2.39. The van der Waals surface area contributed by atoms with Gasteiger partial charge in [-0.3, -0.25) is 0 Å². The Kier molecular flexibility index (Phi) is 7.71. The molecule has 1 aliphatic rings. The molecule has 1 fully saturated rings. The highest BCUT2D eigenvalue weighted by Crippen LogP contribution is 2.40. The van der Waals surface area contributed by atoms with Crippen molar-refractivity contribution in [2.24, 2.45) is 5.92 Å². The van der Waals surface area contributed by atoms with Crippen molar-refractivity contribution in [3.05, 3.63) is 59.7 Å². The summed E-state index contributed by atoms with van der Waals surface area (Å²) in [5, 5.41) is 12.0. The van der Waals surface area contributed by atoms with Crippen molar-refractivity contribution < 1.29 is 14.6 Å². The van der Waals surface area contributed by atoms with Crippen LogP contribution in [0.25, 0.3) is 0 Å².